The molecule has 1 aliphatic rings. The molecule has 7 heteroatoms. The monoisotopic (exact) mass is 428 g/mol. The highest BCUT2D eigenvalue weighted by atomic mass is 16.3. The van der Waals surface area contributed by atoms with E-state index in [-0.39, 0.29) is 0 Å². The number of nitrogens with zero attached hydrogens (tertiary/aromatic N) is 1. The summed E-state index contributed by atoms with van der Waals surface area (Å²) in [5.74, 6) is 0. The average Bonchev–Trinajstić information content (AvgIpc) is 3.21. The molecule has 32 heavy (non-hydrogen) atoms. The van der Waals surface area contributed by atoms with Crippen molar-refractivity contribution >= 4 is 39.4 Å². The first-order valence-electron chi connectivity index (χ1n) is 10.9. The number of rotatable bonds is 5. The van der Waals surface area contributed by atoms with Crippen LogP contribution in [0.25, 0.3) is 32.9 Å². The molecule has 7 N–H and O–H groups in total. The molecule has 3 aromatic carbocycles. The topological polar surface area (TPSA) is 113 Å². The lowest BCUT2D eigenvalue weighted by Gasteiger charge is -2.29. The molecule has 0 saturated carbocycles. The van der Waals surface area contributed by atoms with Crippen LogP contribution in [-0.2, 0) is 0 Å². The zero-order valence-corrected chi connectivity index (χ0v) is 18.1. The summed E-state index contributed by atoms with van der Waals surface area (Å²) in [5.41, 5.74) is 13.3. The van der Waals surface area contributed by atoms with Crippen molar-refractivity contribution in [2.75, 3.05) is 43.4 Å². The second-order valence-electron chi connectivity index (χ2n) is 8.22. The van der Waals surface area contributed by atoms with Gasteiger partial charge in [-0.1, -0.05) is 12.1 Å². The fraction of sp³-hybridized carbons (Fsp3) is 0.240. The van der Waals surface area contributed by atoms with E-state index < -0.39 is 6.23 Å². The number of benzene rings is 3. The fourth-order valence-electron chi connectivity index (χ4n) is 4.63. The van der Waals surface area contributed by atoms with Gasteiger partial charge in [0, 0.05) is 78.2 Å². The van der Waals surface area contributed by atoms with Gasteiger partial charge in [0.1, 0.15) is 6.23 Å². The molecule has 0 radical (unpaired) electrons. The van der Waals surface area contributed by atoms with Gasteiger partial charge in [0.05, 0.1) is 5.52 Å². The minimum absolute atomic E-state index is 0.659. The quantitative estimate of drug-likeness (QED) is 0.215. The van der Waals surface area contributed by atoms with Gasteiger partial charge in [-0.2, -0.15) is 0 Å². The Kier molecular flexibility index (Phi) is 5.30. The SMILES string of the molecule is CNc1ccc(-c2cc(C(N)O)c3[nH]c4cc(N5CCNCC5)ccc4c3c2)cc1C=N. The average molecular weight is 429 g/mol. The Bertz CT molecular complexity index is 1300. The second-order valence-corrected chi connectivity index (χ2v) is 8.22. The minimum Gasteiger partial charge on any atom is -0.388 e. The van der Waals surface area contributed by atoms with Crippen LogP contribution in [0.2, 0.25) is 0 Å². The molecule has 4 aromatic rings. The Hall–Kier alpha value is -3.39. The third-order valence-electron chi connectivity index (χ3n) is 6.33. The van der Waals surface area contributed by atoms with E-state index in [4.69, 9.17) is 11.1 Å². The largest absolute Gasteiger partial charge is 0.388 e. The molecule has 1 aromatic heterocycles. The third kappa shape index (κ3) is 3.50. The molecule has 1 aliphatic heterocycles. The van der Waals surface area contributed by atoms with Crippen LogP contribution in [0, 0.1) is 5.41 Å². The van der Waals surface area contributed by atoms with Crippen LogP contribution in [0.1, 0.15) is 17.4 Å². The minimum atomic E-state index is -1.10. The summed E-state index contributed by atoms with van der Waals surface area (Å²) in [6.07, 6.45) is 0.243. The molecule has 7 nitrogen and oxygen atoms in total. The van der Waals surface area contributed by atoms with Crippen LogP contribution in [0.3, 0.4) is 0 Å². The molecular weight excluding hydrogens is 400 g/mol. The predicted octanol–water partition coefficient (Wildman–Crippen LogP) is 3.39. The first kappa shape index (κ1) is 20.5. The molecule has 1 unspecified atom stereocenters. The highest BCUT2D eigenvalue weighted by molar-refractivity contribution is 6.10. The number of aliphatic hydroxyl groups is 1. The van der Waals surface area contributed by atoms with Crippen LogP contribution >= 0.6 is 0 Å². The predicted molar refractivity (Wildman–Crippen MR) is 133 cm³/mol. The summed E-state index contributed by atoms with van der Waals surface area (Å²) >= 11 is 0. The van der Waals surface area contributed by atoms with Gasteiger partial charge in [0.2, 0.25) is 0 Å². The Morgan fingerprint density at radius 2 is 1.88 bits per heavy atom. The van der Waals surface area contributed by atoms with Gasteiger partial charge >= 0.3 is 0 Å². The van der Waals surface area contributed by atoms with Crippen molar-refractivity contribution in [3.63, 3.8) is 0 Å². The van der Waals surface area contributed by atoms with Crippen LogP contribution in [0.5, 0.6) is 0 Å². The molecule has 0 amide bonds. The number of H-pyrrole nitrogens is 1. The summed E-state index contributed by atoms with van der Waals surface area (Å²) in [7, 11) is 1.84. The molecule has 0 bridgehead atoms. The summed E-state index contributed by atoms with van der Waals surface area (Å²) in [6.45, 7) is 3.95. The van der Waals surface area contributed by atoms with Gasteiger partial charge in [-0.3, -0.25) is 0 Å². The van der Waals surface area contributed by atoms with Gasteiger partial charge in [-0.15, -0.1) is 0 Å². The van der Waals surface area contributed by atoms with Gasteiger partial charge < -0.3 is 36.8 Å². The zero-order valence-electron chi connectivity index (χ0n) is 18.1. The number of hydrogen-bond acceptors (Lipinski definition) is 6. The van der Waals surface area contributed by atoms with Crippen LogP contribution < -0.4 is 21.3 Å². The molecule has 164 valence electrons. The number of nitrogens with two attached hydrogens (primary N) is 1. The fourth-order valence-corrected chi connectivity index (χ4v) is 4.63. The zero-order chi connectivity index (χ0) is 22.2. The maximum atomic E-state index is 10.4. The van der Waals surface area contributed by atoms with Gasteiger partial charge in [-0.05, 0) is 47.5 Å². The summed E-state index contributed by atoms with van der Waals surface area (Å²) < 4.78 is 0. The Morgan fingerprint density at radius 1 is 1.06 bits per heavy atom. The van der Waals surface area contributed by atoms with Crippen molar-refractivity contribution in [3.05, 3.63) is 59.7 Å². The molecular formula is C25H28N6O. The summed E-state index contributed by atoms with van der Waals surface area (Å²) in [5, 5.41) is 26.7. The second kappa shape index (κ2) is 8.27. The lowest BCUT2D eigenvalue weighted by atomic mass is 9.97. The van der Waals surface area contributed by atoms with Crippen molar-refractivity contribution in [1.82, 2.24) is 10.3 Å². The molecule has 1 fully saturated rings. The van der Waals surface area contributed by atoms with Gasteiger partial charge in [-0.25, -0.2) is 0 Å². The third-order valence-corrected chi connectivity index (χ3v) is 6.33. The van der Waals surface area contributed by atoms with Crippen LogP contribution in [0.15, 0.2) is 48.5 Å². The lowest BCUT2D eigenvalue weighted by molar-refractivity contribution is 0.187. The van der Waals surface area contributed by atoms with E-state index in [0.717, 1.165) is 70.4 Å². The number of aliphatic hydroxyl groups excluding tert-OH is 1. The number of fused-ring (bicyclic) bond motifs is 3. The number of nitrogens with one attached hydrogen (secondary N) is 4. The van der Waals surface area contributed by atoms with E-state index in [9.17, 15) is 5.11 Å². The van der Waals surface area contributed by atoms with Crippen molar-refractivity contribution < 1.29 is 5.11 Å². The van der Waals surface area contributed by atoms with Crippen molar-refractivity contribution in [1.29, 1.82) is 5.41 Å². The Balaban J connectivity index is 1.67. The highest BCUT2D eigenvalue weighted by Gasteiger charge is 2.17. The molecule has 2 heterocycles. The molecule has 5 rings (SSSR count). The molecule has 0 spiro atoms. The number of anilines is 2. The van der Waals surface area contributed by atoms with Crippen LogP contribution in [-0.4, -0.2) is 49.5 Å². The normalized spacial score (nSPS) is 15.3. The Labute approximate surface area is 186 Å². The van der Waals surface area contributed by atoms with E-state index in [1.807, 2.05) is 31.3 Å². The van der Waals surface area contributed by atoms with Gasteiger partial charge in [0.15, 0.2) is 0 Å². The summed E-state index contributed by atoms with van der Waals surface area (Å²) in [6, 6.07) is 16.5. The maximum absolute atomic E-state index is 10.4. The number of aromatic amines is 1. The van der Waals surface area contributed by atoms with E-state index in [1.54, 1.807) is 0 Å². The Morgan fingerprint density at radius 3 is 2.59 bits per heavy atom. The standard InChI is InChI=1S/C25H28N6O/c1-28-22-5-2-15(10-17(22)14-26)16-11-20-19-4-3-18(31-8-6-29-7-9-31)13-23(19)30-24(20)21(12-16)25(27)32/h2-5,10-14,25-26,28-30,32H,6-9,27H2,1H3. The van der Waals surface area contributed by atoms with Crippen LogP contribution in [0.4, 0.5) is 11.4 Å². The maximum Gasteiger partial charge on any atom is 0.130 e. The van der Waals surface area contributed by atoms with E-state index in [1.165, 1.54) is 11.9 Å². The number of piperazine rings is 1. The van der Waals surface area contributed by atoms with Crippen molar-refractivity contribution in [2.24, 2.45) is 5.73 Å². The van der Waals surface area contributed by atoms with Crippen molar-refractivity contribution in [3.8, 4) is 11.1 Å². The van der Waals surface area contributed by atoms with E-state index in [0.29, 0.717) is 5.56 Å². The van der Waals surface area contributed by atoms with Gasteiger partial charge in [0.25, 0.3) is 0 Å². The molecule has 1 saturated heterocycles. The number of hydrogen-bond donors (Lipinski definition) is 6. The first-order valence-corrected chi connectivity index (χ1v) is 10.9. The van der Waals surface area contributed by atoms with E-state index >= 15 is 0 Å². The first-order chi connectivity index (χ1) is 15.6. The highest BCUT2D eigenvalue weighted by Crippen LogP contribution is 2.36. The van der Waals surface area contributed by atoms with E-state index in [2.05, 4.69) is 44.8 Å². The van der Waals surface area contributed by atoms with Crippen molar-refractivity contribution in [2.45, 2.75) is 6.23 Å². The number of aromatic nitrogens is 1. The molecule has 0 aliphatic carbocycles. The summed E-state index contributed by atoms with van der Waals surface area (Å²) in [4.78, 5) is 5.88. The molecule has 1 atom stereocenters. The lowest BCUT2D eigenvalue weighted by Crippen LogP contribution is -2.43. The smallest absolute Gasteiger partial charge is 0.130 e.